The first-order valence-electron chi connectivity index (χ1n) is 15.1. The fourth-order valence-electron chi connectivity index (χ4n) is 10.1. The van der Waals surface area contributed by atoms with E-state index < -0.39 is 18.1 Å². The number of hydrogen-bond donors (Lipinski definition) is 2. The third kappa shape index (κ3) is 3.33. The van der Waals surface area contributed by atoms with Gasteiger partial charge in [0.15, 0.2) is 0 Å². The highest BCUT2D eigenvalue weighted by Crippen LogP contribution is 2.69. The average Bonchev–Trinajstić information content (AvgIpc) is 3.59. The van der Waals surface area contributed by atoms with Crippen LogP contribution >= 0.6 is 0 Å². The highest BCUT2D eigenvalue weighted by molar-refractivity contribution is 5.83. The number of aliphatic hydroxyl groups is 1. The van der Waals surface area contributed by atoms with Crippen molar-refractivity contribution in [2.45, 2.75) is 100 Å². The monoisotopic (exact) mass is 525 g/mol. The quantitative estimate of drug-likeness (QED) is 0.517. The van der Waals surface area contributed by atoms with E-state index in [0.29, 0.717) is 24.8 Å². The van der Waals surface area contributed by atoms with Gasteiger partial charge in [0.25, 0.3) is 0 Å². The fourth-order valence-corrected chi connectivity index (χ4v) is 10.1. The number of carbonyl (C=O) groups is 1. The topological polar surface area (TPSA) is 70.0 Å². The number of aliphatic hydroxyl groups excluding tert-OH is 1. The molecule has 8 atom stereocenters. The molecule has 5 nitrogen and oxygen atoms in total. The molecule has 2 N–H and O–H groups in total. The Balaban J connectivity index is 1.12. The Morgan fingerprint density at radius 2 is 1.92 bits per heavy atom. The molecule has 2 aromatic carbocycles. The Hall–Kier alpha value is -2.47. The van der Waals surface area contributed by atoms with Gasteiger partial charge in [0.2, 0.25) is 0 Å². The summed E-state index contributed by atoms with van der Waals surface area (Å²) in [5, 5.41) is 22.8. The molecule has 2 saturated carbocycles. The van der Waals surface area contributed by atoms with Crippen molar-refractivity contribution in [3.8, 4) is 0 Å². The standard InChI is InChI=1S/C34H39NO4/c1-32-13-12-25-17-24-8-9-26(35-20-27(36)18-29(35)31(37)38)19-33(24)14-15-34(25,39-33)30(32)11-10-28(32)23-7-6-21-4-2-3-5-22(21)16-23/h2-7,12,16-17,26-30,36H,8-11,13-15,18-20H2,1H3,(H,37,38)/t26-,27+,28+,29-,30+,32+,33?,34+/m0/s1. The van der Waals surface area contributed by atoms with Gasteiger partial charge < -0.3 is 14.9 Å². The molecule has 0 radical (unpaired) electrons. The van der Waals surface area contributed by atoms with Crippen molar-refractivity contribution in [2.24, 2.45) is 11.3 Å². The molecule has 1 unspecified atom stereocenters. The van der Waals surface area contributed by atoms with E-state index >= 15 is 0 Å². The van der Waals surface area contributed by atoms with Gasteiger partial charge in [0, 0.05) is 19.0 Å². The number of β-amino-alcohol motifs (C(OH)–C–C–N with tert-alkyl or cyclic N) is 1. The average molecular weight is 526 g/mol. The number of hydrogen-bond acceptors (Lipinski definition) is 4. The second kappa shape index (κ2) is 8.28. The van der Waals surface area contributed by atoms with Gasteiger partial charge in [-0.25, -0.2) is 0 Å². The van der Waals surface area contributed by atoms with Crippen molar-refractivity contribution in [3.05, 3.63) is 71.3 Å². The molecule has 2 bridgehead atoms. The third-order valence-electron chi connectivity index (χ3n) is 11.9. The minimum Gasteiger partial charge on any atom is -0.480 e. The largest absolute Gasteiger partial charge is 0.480 e. The van der Waals surface area contributed by atoms with E-state index in [-0.39, 0.29) is 22.7 Å². The van der Waals surface area contributed by atoms with Crippen molar-refractivity contribution < 1.29 is 19.7 Å². The van der Waals surface area contributed by atoms with Crippen molar-refractivity contribution >= 4 is 16.7 Å². The van der Waals surface area contributed by atoms with Crippen LogP contribution in [-0.4, -0.2) is 57.0 Å². The Bertz CT molecular complexity index is 1430. The molecule has 4 fully saturated rings. The van der Waals surface area contributed by atoms with Crippen LogP contribution in [0.25, 0.3) is 10.8 Å². The summed E-state index contributed by atoms with van der Waals surface area (Å²) in [5.41, 5.74) is 3.97. The molecule has 39 heavy (non-hydrogen) atoms. The van der Waals surface area contributed by atoms with Crippen LogP contribution in [0, 0.1) is 11.3 Å². The Kier molecular flexibility index (Phi) is 5.17. The van der Waals surface area contributed by atoms with Crippen molar-refractivity contribution in [2.75, 3.05) is 6.54 Å². The molecule has 0 amide bonds. The number of nitrogens with zero attached hydrogens (tertiary/aromatic N) is 1. The van der Waals surface area contributed by atoms with Crippen LogP contribution in [0.3, 0.4) is 0 Å². The van der Waals surface area contributed by atoms with Crippen LogP contribution < -0.4 is 0 Å². The van der Waals surface area contributed by atoms with E-state index in [9.17, 15) is 15.0 Å². The van der Waals surface area contributed by atoms with Crippen LogP contribution in [0.4, 0.5) is 0 Å². The first-order valence-corrected chi connectivity index (χ1v) is 15.1. The number of carboxylic acids is 1. The summed E-state index contributed by atoms with van der Waals surface area (Å²) >= 11 is 0. The number of allylic oxidation sites excluding steroid dienone is 1. The fraction of sp³-hybridized carbons (Fsp3) is 0.559. The zero-order chi connectivity index (χ0) is 26.6. The molecule has 2 saturated heterocycles. The first kappa shape index (κ1) is 24.3. The lowest BCUT2D eigenvalue weighted by Crippen LogP contribution is -2.56. The minimum absolute atomic E-state index is 0.144. The predicted octanol–water partition coefficient (Wildman–Crippen LogP) is 5.97. The van der Waals surface area contributed by atoms with E-state index in [1.165, 1.54) is 40.3 Å². The van der Waals surface area contributed by atoms with Gasteiger partial charge in [-0.2, -0.15) is 0 Å². The van der Waals surface area contributed by atoms with Gasteiger partial charge >= 0.3 is 5.97 Å². The molecule has 5 heteroatoms. The van der Waals surface area contributed by atoms with Crippen molar-refractivity contribution in [1.82, 2.24) is 4.90 Å². The number of aliphatic carboxylic acids is 1. The van der Waals surface area contributed by atoms with Crippen LogP contribution in [0.5, 0.6) is 0 Å². The number of rotatable bonds is 3. The molecule has 6 aliphatic rings. The highest BCUT2D eigenvalue weighted by atomic mass is 16.5. The van der Waals surface area contributed by atoms with Gasteiger partial charge in [-0.1, -0.05) is 61.5 Å². The summed E-state index contributed by atoms with van der Waals surface area (Å²) in [4.78, 5) is 14.1. The van der Waals surface area contributed by atoms with E-state index in [2.05, 4.69) is 66.4 Å². The third-order valence-corrected chi connectivity index (χ3v) is 11.9. The maximum absolute atomic E-state index is 12.0. The lowest BCUT2D eigenvalue weighted by Gasteiger charge is -2.55. The zero-order valence-electron chi connectivity index (χ0n) is 22.8. The van der Waals surface area contributed by atoms with Crippen molar-refractivity contribution in [1.29, 1.82) is 0 Å². The Morgan fingerprint density at radius 3 is 2.77 bits per heavy atom. The molecule has 0 aromatic heterocycles. The second-order valence-electron chi connectivity index (χ2n) is 13.7. The maximum atomic E-state index is 12.0. The van der Waals surface area contributed by atoms with Gasteiger partial charge in [-0.3, -0.25) is 9.69 Å². The van der Waals surface area contributed by atoms with Gasteiger partial charge in [-0.15, -0.1) is 0 Å². The Morgan fingerprint density at radius 1 is 1.08 bits per heavy atom. The number of benzene rings is 2. The molecule has 8 rings (SSSR count). The van der Waals surface area contributed by atoms with Crippen LogP contribution in [0.2, 0.25) is 0 Å². The van der Waals surface area contributed by atoms with Crippen molar-refractivity contribution in [3.63, 3.8) is 0 Å². The highest BCUT2D eigenvalue weighted by Gasteiger charge is 2.67. The first-order chi connectivity index (χ1) is 18.8. The summed E-state index contributed by atoms with van der Waals surface area (Å²) in [7, 11) is 0. The molecule has 3 aliphatic heterocycles. The number of fused-ring (bicyclic) bond motifs is 2. The second-order valence-corrected chi connectivity index (χ2v) is 13.7. The molecule has 2 spiro atoms. The lowest BCUT2D eigenvalue weighted by atomic mass is 9.58. The normalized spacial score (nSPS) is 43.0. The van der Waals surface area contributed by atoms with Gasteiger partial charge in [0.05, 0.1) is 17.3 Å². The number of carboxylic acid groups (broad SMARTS) is 1. The molecule has 3 aliphatic carbocycles. The van der Waals surface area contributed by atoms with Crippen LogP contribution in [-0.2, 0) is 9.53 Å². The smallest absolute Gasteiger partial charge is 0.321 e. The van der Waals surface area contributed by atoms with E-state index in [0.717, 1.165) is 38.5 Å². The summed E-state index contributed by atoms with van der Waals surface area (Å²) in [5.74, 6) is 0.197. The van der Waals surface area contributed by atoms with Gasteiger partial charge in [0.1, 0.15) is 6.04 Å². The molecular formula is C34H39NO4. The molecule has 3 heterocycles. The van der Waals surface area contributed by atoms with Crippen LogP contribution in [0.1, 0.15) is 76.2 Å². The van der Waals surface area contributed by atoms with Gasteiger partial charge in [-0.05, 0) is 96.1 Å². The summed E-state index contributed by atoms with van der Waals surface area (Å²) in [6, 6.07) is 15.3. The lowest BCUT2D eigenvalue weighted by molar-refractivity contribution is -0.150. The summed E-state index contributed by atoms with van der Waals surface area (Å²) in [6.45, 7) is 2.98. The van der Waals surface area contributed by atoms with E-state index in [4.69, 9.17) is 4.74 Å². The maximum Gasteiger partial charge on any atom is 0.321 e. The molecular weight excluding hydrogens is 486 g/mol. The predicted molar refractivity (Wildman–Crippen MR) is 150 cm³/mol. The summed E-state index contributed by atoms with van der Waals surface area (Å²) in [6.07, 6.45) is 13.1. The van der Waals surface area contributed by atoms with Crippen LogP contribution in [0.15, 0.2) is 65.8 Å². The number of likely N-dealkylation sites (tertiary alicyclic amines) is 1. The summed E-state index contributed by atoms with van der Waals surface area (Å²) < 4.78 is 7.45. The SMILES string of the molecule is C[C@]12CC=C3C=C4CC[C@H](N5C[C@H](O)C[C@H]5C(=O)O)CC45CC[C@]3(O5)[C@@H]1CC[C@@H]2c1ccc2ccccc2c1. The zero-order valence-corrected chi connectivity index (χ0v) is 22.8. The van der Waals surface area contributed by atoms with E-state index in [1.54, 1.807) is 0 Å². The Labute approximate surface area is 230 Å². The minimum atomic E-state index is -0.809. The molecule has 2 aromatic rings. The van der Waals surface area contributed by atoms with E-state index in [1.807, 2.05) is 0 Å². The number of ether oxygens (including phenoxy) is 1. The molecule has 204 valence electrons.